The highest BCUT2D eigenvalue weighted by Crippen LogP contribution is 2.28. The van der Waals surface area contributed by atoms with Crippen LogP contribution in [0.5, 0.6) is 0 Å². The summed E-state index contributed by atoms with van der Waals surface area (Å²) in [5, 5.41) is 0. The van der Waals surface area contributed by atoms with Crippen LogP contribution < -0.4 is 0 Å². The molecule has 1 heteroatoms. The van der Waals surface area contributed by atoms with E-state index in [1.165, 1.54) is 37.7 Å². The minimum atomic E-state index is 0.646. The summed E-state index contributed by atoms with van der Waals surface area (Å²) < 4.78 is 0. The van der Waals surface area contributed by atoms with Crippen molar-refractivity contribution in [1.82, 2.24) is 0 Å². The molecule has 0 fully saturated rings. The molecule has 1 aromatic rings. The summed E-state index contributed by atoms with van der Waals surface area (Å²) in [5.41, 5.74) is 2.10. The molecule has 2 atom stereocenters. The Morgan fingerprint density at radius 2 is 1.79 bits per heavy atom. The second-order valence-electron chi connectivity index (χ2n) is 3.87. The fourth-order valence-electron chi connectivity index (χ4n) is 1.66. The van der Waals surface area contributed by atoms with Gasteiger partial charge in [-0.25, -0.2) is 0 Å². The fourth-order valence-corrected chi connectivity index (χ4v) is 2.12. The van der Waals surface area contributed by atoms with Crippen molar-refractivity contribution >= 4 is 9.24 Å². The van der Waals surface area contributed by atoms with Gasteiger partial charge in [-0.1, -0.05) is 62.9 Å². The molecule has 0 nitrogen and oxygen atoms in total. The van der Waals surface area contributed by atoms with E-state index in [-0.39, 0.29) is 0 Å². The van der Waals surface area contributed by atoms with Crippen LogP contribution in [0, 0.1) is 0 Å². The number of unbranched alkanes of at least 4 members (excludes halogenated alkanes) is 3. The second-order valence-corrected chi connectivity index (χ2v) is 4.67. The predicted octanol–water partition coefficient (Wildman–Crippen LogP) is 4.57. The lowest BCUT2D eigenvalue weighted by atomic mass is 10.1. The molecule has 14 heavy (non-hydrogen) atoms. The molecule has 0 aliphatic rings. The van der Waals surface area contributed by atoms with E-state index in [4.69, 9.17) is 0 Å². The average Bonchev–Trinajstić information content (AvgIpc) is 2.25. The van der Waals surface area contributed by atoms with Crippen LogP contribution in [0.3, 0.4) is 0 Å². The van der Waals surface area contributed by atoms with Crippen LogP contribution in [0.15, 0.2) is 30.3 Å². The summed E-state index contributed by atoms with van der Waals surface area (Å²) in [4.78, 5) is 0. The van der Waals surface area contributed by atoms with Crippen molar-refractivity contribution in [2.75, 3.05) is 0 Å². The van der Waals surface area contributed by atoms with Crippen LogP contribution in [0.2, 0.25) is 0 Å². The van der Waals surface area contributed by atoms with Gasteiger partial charge in [0.25, 0.3) is 0 Å². The topological polar surface area (TPSA) is 0 Å². The van der Waals surface area contributed by atoms with Crippen molar-refractivity contribution in [2.45, 2.75) is 44.7 Å². The number of benzene rings is 1. The molecule has 0 amide bonds. The predicted molar refractivity (Wildman–Crippen MR) is 67.7 cm³/mol. The smallest absolute Gasteiger partial charge is 0.00146 e. The molecule has 0 heterocycles. The molecule has 1 rings (SSSR count). The zero-order valence-corrected chi connectivity index (χ0v) is 10.2. The van der Waals surface area contributed by atoms with Crippen molar-refractivity contribution in [3.05, 3.63) is 35.9 Å². The Morgan fingerprint density at radius 3 is 2.43 bits per heavy atom. The van der Waals surface area contributed by atoms with Crippen molar-refractivity contribution in [2.24, 2.45) is 0 Å². The summed E-state index contributed by atoms with van der Waals surface area (Å²) in [5.74, 6) is 0. The molecule has 0 aliphatic heterocycles. The van der Waals surface area contributed by atoms with Gasteiger partial charge >= 0.3 is 0 Å². The Labute approximate surface area is 90.3 Å². The zero-order valence-electron chi connectivity index (χ0n) is 9.08. The first-order valence-corrected chi connectivity index (χ1v) is 6.31. The first kappa shape index (κ1) is 11.7. The minimum Gasteiger partial charge on any atom is -0.130 e. The Morgan fingerprint density at radius 1 is 1.07 bits per heavy atom. The lowest BCUT2D eigenvalue weighted by Gasteiger charge is -2.10. The normalized spacial score (nSPS) is 12.7. The van der Waals surface area contributed by atoms with Gasteiger partial charge in [-0.3, -0.25) is 0 Å². The van der Waals surface area contributed by atoms with Gasteiger partial charge in [0.1, 0.15) is 0 Å². The summed E-state index contributed by atoms with van der Waals surface area (Å²) in [7, 11) is 2.96. The van der Waals surface area contributed by atoms with Gasteiger partial charge in [-0.2, -0.15) is 0 Å². The van der Waals surface area contributed by atoms with Crippen LogP contribution in [0.4, 0.5) is 0 Å². The second kappa shape index (κ2) is 7.01. The molecular formula is C13H21P. The summed E-state index contributed by atoms with van der Waals surface area (Å²) in [6, 6.07) is 10.8. The van der Waals surface area contributed by atoms with E-state index in [1.807, 2.05) is 0 Å². The van der Waals surface area contributed by atoms with Gasteiger partial charge in [0.05, 0.1) is 0 Å². The number of rotatable bonds is 6. The van der Waals surface area contributed by atoms with Crippen LogP contribution in [-0.4, -0.2) is 0 Å². The Bertz CT molecular complexity index is 230. The van der Waals surface area contributed by atoms with Gasteiger partial charge in [0.2, 0.25) is 0 Å². The maximum absolute atomic E-state index is 2.96. The largest absolute Gasteiger partial charge is 0.130 e. The molecule has 2 unspecified atom stereocenters. The Kier molecular flexibility index (Phi) is 5.87. The van der Waals surface area contributed by atoms with E-state index in [1.54, 1.807) is 0 Å². The first-order chi connectivity index (χ1) is 6.84. The van der Waals surface area contributed by atoms with E-state index < -0.39 is 0 Å². The first-order valence-electron chi connectivity index (χ1n) is 5.65. The van der Waals surface area contributed by atoms with Gasteiger partial charge in [0.15, 0.2) is 0 Å². The quantitative estimate of drug-likeness (QED) is 0.474. The molecule has 0 aliphatic carbocycles. The van der Waals surface area contributed by atoms with Gasteiger partial charge in [-0.15, -0.1) is 9.24 Å². The lowest BCUT2D eigenvalue weighted by molar-refractivity contribution is 0.627. The Balaban J connectivity index is 2.25. The molecule has 0 N–H and O–H groups in total. The Hall–Kier alpha value is -0.350. The third kappa shape index (κ3) is 4.24. The highest BCUT2D eigenvalue weighted by Gasteiger charge is 2.03. The minimum absolute atomic E-state index is 0.646. The van der Waals surface area contributed by atoms with Crippen LogP contribution in [-0.2, 0) is 0 Å². The third-order valence-electron chi connectivity index (χ3n) is 2.60. The van der Waals surface area contributed by atoms with E-state index in [0.717, 1.165) is 0 Å². The van der Waals surface area contributed by atoms with Gasteiger partial charge in [-0.05, 0) is 17.6 Å². The monoisotopic (exact) mass is 208 g/mol. The van der Waals surface area contributed by atoms with Crippen LogP contribution >= 0.6 is 9.24 Å². The van der Waals surface area contributed by atoms with Crippen molar-refractivity contribution in [3.8, 4) is 0 Å². The fraction of sp³-hybridized carbons (Fsp3) is 0.538. The third-order valence-corrected chi connectivity index (χ3v) is 3.31. The molecule has 78 valence electrons. The zero-order chi connectivity index (χ0) is 10.2. The highest BCUT2D eigenvalue weighted by atomic mass is 31.0. The summed E-state index contributed by atoms with van der Waals surface area (Å²) >= 11 is 0. The molecule has 0 bridgehead atoms. The van der Waals surface area contributed by atoms with E-state index in [0.29, 0.717) is 5.66 Å². The molecular weight excluding hydrogens is 187 g/mol. The number of hydrogen-bond acceptors (Lipinski definition) is 0. The van der Waals surface area contributed by atoms with E-state index in [9.17, 15) is 0 Å². The van der Waals surface area contributed by atoms with Crippen molar-refractivity contribution in [3.63, 3.8) is 0 Å². The molecule has 0 saturated heterocycles. The average molecular weight is 208 g/mol. The van der Waals surface area contributed by atoms with Gasteiger partial charge < -0.3 is 0 Å². The van der Waals surface area contributed by atoms with Crippen LogP contribution in [0.25, 0.3) is 0 Å². The van der Waals surface area contributed by atoms with Crippen molar-refractivity contribution in [1.29, 1.82) is 0 Å². The summed E-state index contributed by atoms with van der Waals surface area (Å²) in [6.45, 7) is 2.26. The molecule has 0 spiro atoms. The molecule has 0 aromatic heterocycles. The lowest BCUT2D eigenvalue weighted by Crippen LogP contribution is -1.89. The number of hydrogen-bond donors (Lipinski definition) is 0. The maximum atomic E-state index is 2.96. The van der Waals surface area contributed by atoms with Gasteiger partial charge in [0, 0.05) is 0 Å². The van der Waals surface area contributed by atoms with E-state index in [2.05, 4.69) is 46.5 Å². The molecule has 1 aromatic carbocycles. The highest BCUT2D eigenvalue weighted by molar-refractivity contribution is 7.17. The van der Waals surface area contributed by atoms with Crippen molar-refractivity contribution < 1.29 is 0 Å². The standard InChI is InChI=1S/C13H21P/c1-2-3-4-8-11-13(14)12-9-6-5-7-10-12/h5-7,9-10,13H,2-4,8,11,14H2,1H3. The molecule has 0 saturated carbocycles. The van der Waals surface area contributed by atoms with Crippen LogP contribution in [0.1, 0.15) is 50.3 Å². The maximum Gasteiger partial charge on any atom is -0.00146 e. The van der Waals surface area contributed by atoms with E-state index >= 15 is 0 Å². The molecule has 0 radical (unpaired) electrons. The summed E-state index contributed by atoms with van der Waals surface area (Å²) in [6.07, 6.45) is 6.75. The SMILES string of the molecule is CCCCCCC(P)c1ccccc1.